The van der Waals surface area contributed by atoms with E-state index in [0.717, 1.165) is 5.56 Å². The van der Waals surface area contributed by atoms with Gasteiger partial charge in [0.1, 0.15) is 11.4 Å². The maximum atomic E-state index is 12.1. The van der Waals surface area contributed by atoms with Gasteiger partial charge in [0.15, 0.2) is 11.9 Å². The number of hydrogen-bond acceptors (Lipinski definition) is 7. The normalized spacial score (nSPS) is 11.8. The van der Waals surface area contributed by atoms with Crippen LogP contribution in [0.4, 0.5) is 0 Å². The fourth-order valence-electron chi connectivity index (χ4n) is 2.24. The lowest BCUT2D eigenvalue weighted by Crippen LogP contribution is -2.10. The van der Waals surface area contributed by atoms with E-state index in [2.05, 4.69) is 15.2 Å². The molecule has 0 radical (unpaired) electrons. The summed E-state index contributed by atoms with van der Waals surface area (Å²) in [6, 6.07) is 8.57. The molecular weight excluding hydrogens is 338 g/mol. The van der Waals surface area contributed by atoms with Crippen molar-refractivity contribution < 1.29 is 23.5 Å². The van der Waals surface area contributed by atoms with Crippen LogP contribution in [0.25, 0.3) is 11.5 Å². The van der Waals surface area contributed by atoms with Crippen LogP contribution < -0.4 is 4.74 Å². The molecule has 0 aliphatic carbocycles. The number of methoxy groups -OCH3 is 1. The van der Waals surface area contributed by atoms with Crippen molar-refractivity contribution in [3.8, 4) is 17.2 Å². The van der Waals surface area contributed by atoms with Crippen LogP contribution in [0.15, 0.2) is 40.9 Å². The molecule has 1 aromatic carbocycles. The molecule has 0 aliphatic heterocycles. The Morgan fingerprint density at radius 2 is 1.92 bits per heavy atom. The fraction of sp³-hybridized carbons (Fsp3) is 0.222. The zero-order valence-corrected chi connectivity index (χ0v) is 14.5. The van der Waals surface area contributed by atoms with Gasteiger partial charge in [-0.05, 0) is 44.2 Å². The van der Waals surface area contributed by atoms with Gasteiger partial charge in [0.2, 0.25) is 5.89 Å². The minimum atomic E-state index is -0.744. The molecule has 26 heavy (non-hydrogen) atoms. The number of rotatable bonds is 6. The zero-order valence-electron chi connectivity index (χ0n) is 14.5. The molecule has 0 bridgehead atoms. The molecule has 134 valence electrons. The van der Waals surface area contributed by atoms with E-state index in [9.17, 15) is 9.59 Å². The van der Waals surface area contributed by atoms with E-state index >= 15 is 0 Å². The SMILES string of the molecule is COc1ccc(-c2nnc(C(C)OC(=O)c3cc(C(C)=O)c[nH]3)o2)cc1. The molecule has 0 aliphatic rings. The average Bonchev–Trinajstić information content (AvgIpc) is 3.31. The highest BCUT2D eigenvalue weighted by Crippen LogP contribution is 2.24. The van der Waals surface area contributed by atoms with E-state index in [-0.39, 0.29) is 17.4 Å². The second-order valence-electron chi connectivity index (χ2n) is 5.58. The van der Waals surface area contributed by atoms with E-state index in [1.165, 1.54) is 19.2 Å². The Bertz CT molecular complexity index is 926. The van der Waals surface area contributed by atoms with Gasteiger partial charge in [0.25, 0.3) is 5.89 Å². The predicted molar refractivity (Wildman–Crippen MR) is 90.9 cm³/mol. The minimum absolute atomic E-state index is 0.144. The van der Waals surface area contributed by atoms with Crippen molar-refractivity contribution >= 4 is 11.8 Å². The molecule has 0 saturated heterocycles. The summed E-state index contributed by atoms with van der Waals surface area (Å²) in [6.07, 6.45) is 0.712. The fourth-order valence-corrected chi connectivity index (χ4v) is 2.24. The first kappa shape index (κ1) is 17.4. The molecule has 0 amide bonds. The van der Waals surface area contributed by atoms with Gasteiger partial charge in [0.05, 0.1) is 7.11 Å². The van der Waals surface area contributed by atoms with Crippen LogP contribution in [0, 0.1) is 0 Å². The Morgan fingerprint density at radius 3 is 2.54 bits per heavy atom. The molecule has 1 atom stereocenters. The van der Waals surface area contributed by atoms with Crippen LogP contribution in [0.3, 0.4) is 0 Å². The Balaban J connectivity index is 1.69. The van der Waals surface area contributed by atoms with E-state index < -0.39 is 12.1 Å². The van der Waals surface area contributed by atoms with Gasteiger partial charge in [-0.2, -0.15) is 0 Å². The summed E-state index contributed by atoms with van der Waals surface area (Å²) >= 11 is 0. The topological polar surface area (TPSA) is 107 Å². The number of benzene rings is 1. The molecule has 0 saturated carbocycles. The second-order valence-corrected chi connectivity index (χ2v) is 5.58. The number of esters is 1. The monoisotopic (exact) mass is 355 g/mol. The van der Waals surface area contributed by atoms with Gasteiger partial charge in [0, 0.05) is 17.3 Å². The van der Waals surface area contributed by atoms with Gasteiger partial charge in [-0.15, -0.1) is 10.2 Å². The molecule has 1 unspecified atom stereocenters. The van der Waals surface area contributed by atoms with Crippen molar-refractivity contribution in [3.05, 3.63) is 53.7 Å². The zero-order chi connectivity index (χ0) is 18.7. The number of Topliss-reactive ketones (excluding diaryl/α,β-unsaturated/α-hetero) is 1. The number of ether oxygens (including phenoxy) is 2. The largest absolute Gasteiger partial charge is 0.497 e. The predicted octanol–water partition coefficient (Wildman–Crippen LogP) is 3.19. The lowest BCUT2D eigenvalue weighted by Gasteiger charge is -2.08. The average molecular weight is 355 g/mol. The molecule has 8 nitrogen and oxygen atoms in total. The van der Waals surface area contributed by atoms with Crippen LogP contribution in [-0.4, -0.2) is 34.0 Å². The third kappa shape index (κ3) is 3.64. The second kappa shape index (κ2) is 7.22. The van der Waals surface area contributed by atoms with Gasteiger partial charge in [-0.1, -0.05) is 0 Å². The number of nitrogens with one attached hydrogen (secondary N) is 1. The summed E-state index contributed by atoms with van der Waals surface area (Å²) in [5.74, 6) is 0.432. The Labute approximate surface area is 149 Å². The quantitative estimate of drug-likeness (QED) is 0.534. The highest BCUT2D eigenvalue weighted by molar-refractivity contribution is 5.97. The number of hydrogen-bond donors (Lipinski definition) is 1. The molecule has 2 heterocycles. The number of aromatic amines is 1. The Hall–Kier alpha value is -3.42. The van der Waals surface area contributed by atoms with Crippen LogP contribution in [0.2, 0.25) is 0 Å². The standard InChI is InChI=1S/C18H17N3O5/c1-10(22)13-8-15(19-9-13)18(23)25-11(2)16-20-21-17(26-16)12-4-6-14(24-3)7-5-12/h4-9,11,19H,1-3H3. The number of carbonyl (C=O) groups is 2. The number of ketones is 1. The smallest absolute Gasteiger partial charge is 0.355 e. The molecule has 0 spiro atoms. The van der Waals surface area contributed by atoms with Crippen LogP contribution in [0.5, 0.6) is 5.75 Å². The van der Waals surface area contributed by atoms with Gasteiger partial charge in [-0.25, -0.2) is 4.79 Å². The van der Waals surface area contributed by atoms with Crippen LogP contribution in [0.1, 0.15) is 46.7 Å². The molecule has 2 aromatic heterocycles. The van der Waals surface area contributed by atoms with Gasteiger partial charge in [-0.3, -0.25) is 4.79 Å². The van der Waals surface area contributed by atoms with Crippen molar-refractivity contribution in [2.75, 3.05) is 7.11 Å². The summed E-state index contributed by atoms with van der Waals surface area (Å²) in [5.41, 5.74) is 1.31. The third-order valence-electron chi connectivity index (χ3n) is 3.72. The van der Waals surface area contributed by atoms with Gasteiger partial charge >= 0.3 is 5.97 Å². The van der Waals surface area contributed by atoms with Crippen LogP contribution >= 0.6 is 0 Å². The van der Waals surface area contributed by atoms with E-state index in [1.807, 2.05) is 0 Å². The highest BCUT2D eigenvalue weighted by atomic mass is 16.6. The third-order valence-corrected chi connectivity index (χ3v) is 3.72. The highest BCUT2D eigenvalue weighted by Gasteiger charge is 2.21. The van der Waals surface area contributed by atoms with Crippen molar-refractivity contribution in [3.63, 3.8) is 0 Å². The van der Waals surface area contributed by atoms with Crippen molar-refractivity contribution in [1.82, 2.24) is 15.2 Å². The molecule has 1 N–H and O–H groups in total. The van der Waals surface area contributed by atoms with Crippen molar-refractivity contribution in [2.45, 2.75) is 20.0 Å². The number of aromatic nitrogens is 3. The Kier molecular flexibility index (Phi) is 4.83. The van der Waals surface area contributed by atoms with Crippen LogP contribution in [-0.2, 0) is 4.74 Å². The molecular formula is C18H17N3O5. The van der Waals surface area contributed by atoms with E-state index in [0.29, 0.717) is 17.2 Å². The number of nitrogens with zero attached hydrogens (tertiary/aromatic N) is 2. The number of carbonyl (C=O) groups excluding carboxylic acids is 2. The van der Waals surface area contributed by atoms with E-state index in [1.54, 1.807) is 38.3 Å². The van der Waals surface area contributed by atoms with Crippen molar-refractivity contribution in [1.29, 1.82) is 0 Å². The van der Waals surface area contributed by atoms with Gasteiger partial charge < -0.3 is 18.9 Å². The van der Waals surface area contributed by atoms with Crippen molar-refractivity contribution in [2.24, 2.45) is 0 Å². The first-order valence-corrected chi connectivity index (χ1v) is 7.86. The summed E-state index contributed by atoms with van der Waals surface area (Å²) in [6.45, 7) is 3.04. The lowest BCUT2D eigenvalue weighted by molar-refractivity contribution is 0.0273. The van der Waals surface area contributed by atoms with E-state index in [4.69, 9.17) is 13.9 Å². The summed E-state index contributed by atoms with van der Waals surface area (Å²) < 4.78 is 16.0. The lowest BCUT2D eigenvalue weighted by atomic mass is 10.2. The maximum Gasteiger partial charge on any atom is 0.355 e. The Morgan fingerprint density at radius 1 is 1.19 bits per heavy atom. The first-order chi connectivity index (χ1) is 12.5. The summed E-state index contributed by atoms with van der Waals surface area (Å²) in [4.78, 5) is 26.1. The number of H-pyrrole nitrogens is 1. The molecule has 8 heteroatoms. The molecule has 3 aromatic rings. The molecule has 3 rings (SSSR count). The summed E-state index contributed by atoms with van der Waals surface area (Å²) in [7, 11) is 1.58. The summed E-state index contributed by atoms with van der Waals surface area (Å²) in [5, 5.41) is 7.89. The minimum Gasteiger partial charge on any atom is -0.497 e. The maximum absolute atomic E-state index is 12.1. The first-order valence-electron chi connectivity index (χ1n) is 7.86. The molecule has 0 fully saturated rings.